The number of carbonyl (C=O) groups is 1. The van der Waals surface area contributed by atoms with Gasteiger partial charge in [-0.15, -0.1) is 11.3 Å². The summed E-state index contributed by atoms with van der Waals surface area (Å²) in [5, 5.41) is 8.93. The van der Waals surface area contributed by atoms with E-state index < -0.39 is 0 Å². The summed E-state index contributed by atoms with van der Waals surface area (Å²) in [4.78, 5) is 12.6. The average Bonchev–Trinajstić information content (AvgIpc) is 3.11. The monoisotopic (exact) mass is 269 g/mol. The fraction of sp³-hybridized carbons (Fsp3) is 0. The van der Waals surface area contributed by atoms with E-state index in [-0.39, 0.29) is 5.91 Å². The molecule has 0 aliphatic rings. The Morgan fingerprint density at radius 1 is 1.16 bits per heavy atom. The first kappa shape index (κ1) is 11.7. The van der Waals surface area contributed by atoms with Gasteiger partial charge in [-0.3, -0.25) is 4.79 Å². The van der Waals surface area contributed by atoms with Crippen molar-refractivity contribution in [1.29, 1.82) is 0 Å². The number of nitrogens with one attached hydrogen (secondary N) is 1. The molecule has 4 nitrogen and oxygen atoms in total. The van der Waals surface area contributed by atoms with Crippen molar-refractivity contribution in [2.45, 2.75) is 0 Å². The van der Waals surface area contributed by atoms with Gasteiger partial charge in [-0.25, -0.2) is 4.68 Å². The standard InChI is InChI=1S/C14H11N3OS/c18-14(13-7-4-8-19-13)16-11-9-15-17(10-11)12-5-2-1-3-6-12/h1-10H,(H,16,18). The molecule has 1 aromatic carbocycles. The average molecular weight is 269 g/mol. The maximum atomic E-state index is 11.9. The molecule has 94 valence electrons. The van der Waals surface area contributed by atoms with Crippen molar-refractivity contribution in [2.75, 3.05) is 5.32 Å². The lowest BCUT2D eigenvalue weighted by atomic mass is 10.3. The zero-order valence-electron chi connectivity index (χ0n) is 9.98. The number of benzene rings is 1. The normalized spacial score (nSPS) is 10.3. The van der Waals surface area contributed by atoms with Crippen molar-refractivity contribution < 1.29 is 4.79 Å². The number of hydrogen-bond donors (Lipinski definition) is 1. The van der Waals surface area contributed by atoms with Gasteiger partial charge in [0, 0.05) is 0 Å². The summed E-state index contributed by atoms with van der Waals surface area (Å²) in [6.45, 7) is 0. The Morgan fingerprint density at radius 2 is 2.00 bits per heavy atom. The second-order valence-electron chi connectivity index (χ2n) is 3.94. The molecule has 0 bridgehead atoms. The largest absolute Gasteiger partial charge is 0.319 e. The lowest BCUT2D eigenvalue weighted by Crippen LogP contribution is -2.09. The minimum absolute atomic E-state index is 0.109. The number of hydrogen-bond acceptors (Lipinski definition) is 3. The molecular formula is C14H11N3OS. The number of carbonyl (C=O) groups excluding carboxylic acids is 1. The van der Waals surface area contributed by atoms with Gasteiger partial charge in [-0.1, -0.05) is 24.3 Å². The molecule has 0 unspecified atom stereocenters. The van der Waals surface area contributed by atoms with E-state index in [1.807, 2.05) is 41.8 Å². The molecule has 0 spiro atoms. The van der Waals surface area contributed by atoms with E-state index >= 15 is 0 Å². The maximum Gasteiger partial charge on any atom is 0.265 e. The van der Waals surface area contributed by atoms with Crippen LogP contribution in [-0.2, 0) is 0 Å². The van der Waals surface area contributed by atoms with Gasteiger partial charge in [0.1, 0.15) is 0 Å². The third-order valence-electron chi connectivity index (χ3n) is 2.61. The van der Waals surface area contributed by atoms with Gasteiger partial charge in [0.15, 0.2) is 0 Å². The van der Waals surface area contributed by atoms with E-state index in [9.17, 15) is 4.79 Å². The molecular weight excluding hydrogens is 258 g/mol. The van der Waals surface area contributed by atoms with E-state index in [0.29, 0.717) is 10.6 Å². The first-order valence-electron chi connectivity index (χ1n) is 5.78. The summed E-state index contributed by atoms with van der Waals surface area (Å²) in [5.41, 5.74) is 1.64. The number of anilines is 1. The van der Waals surface area contributed by atoms with E-state index in [4.69, 9.17) is 0 Å². The molecule has 3 aromatic rings. The van der Waals surface area contributed by atoms with E-state index in [1.165, 1.54) is 11.3 Å². The number of para-hydroxylation sites is 1. The Hall–Kier alpha value is -2.40. The fourth-order valence-corrected chi connectivity index (χ4v) is 2.33. The lowest BCUT2D eigenvalue weighted by molar-refractivity contribution is 0.103. The highest BCUT2D eigenvalue weighted by atomic mass is 32.1. The third kappa shape index (κ3) is 2.56. The van der Waals surface area contributed by atoms with Crippen LogP contribution >= 0.6 is 11.3 Å². The van der Waals surface area contributed by atoms with Crippen LogP contribution < -0.4 is 5.32 Å². The van der Waals surface area contributed by atoms with Crippen molar-refractivity contribution in [3.63, 3.8) is 0 Å². The molecule has 0 fully saturated rings. The van der Waals surface area contributed by atoms with Crippen LogP contribution in [0.15, 0.2) is 60.2 Å². The SMILES string of the molecule is O=C(Nc1cnn(-c2ccccc2)c1)c1cccs1. The van der Waals surface area contributed by atoms with Crippen LogP contribution in [0.2, 0.25) is 0 Å². The van der Waals surface area contributed by atoms with Crippen LogP contribution in [0.3, 0.4) is 0 Å². The van der Waals surface area contributed by atoms with Crippen molar-refractivity contribution in [2.24, 2.45) is 0 Å². The van der Waals surface area contributed by atoms with Gasteiger partial charge in [-0.2, -0.15) is 5.10 Å². The Bertz CT molecular complexity index is 674. The Labute approximate surface area is 114 Å². The first-order chi connectivity index (χ1) is 9.33. The minimum Gasteiger partial charge on any atom is -0.319 e. The topological polar surface area (TPSA) is 46.9 Å². The highest BCUT2D eigenvalue weighted by molar-refractivity contribution is 7.12. The van der Waals surface area contributed by atoms with Crippen molar-refractivity contribution in [1.82, 2.24) is 9.78 Å². The predicted molar refractivity (Wildman–Crippen MR) is 75.8 cm³/mol. The van der Waals surface area contributed by atoms with Gasteiger partial charge in [-0.05, 0) is 23.6 Å². The van der Waals surface area contributed by atoms with Crippen LogP contribution in [0.5, 0.6) is 0 Å². The van der Waals surface area contributed by atoms with Gasteiger partial charge in [0.05, 0.1) is 28.6 Å². The van der Waals surface area contributed by atoms with E-state index in [0.717, 1.165) is 5.69 Å². The molecule has 2 aromatic heterocycles. The number of amides is 1. The second kappa shape index (κ2) is 5.07. The molecule has 0 aliphatic heterocycles. The minimum atomic E-state index is -0.109. The van der Waals surface area contributed by atoms with E-state index in [2.05, 4.69) is 10.4 Å². The Morgan fingerprint density at radius 3 is 2.74 bits per heavy atom. The summed E-state index contributed by atoms with van der Waals surface area (Å²) < 4.78 is 1.73. The van der Waals surface area contributed by atoms with Gasteiger partial charge in [0.25, 0.3) is 5.91 Å². The number of aromatic nitrogens is 2. The molecule has 0 radical (unpaired) electrons. The van der Waals surface area contributed by atoms with Gasteiger partial charge in [0.2, 0.25) is 0 Å². The molecule has 1 N–H and O–H groups in total. The second-order valence-corrected chi connectivity index (χ2v) is 4.89. The molecule has 0 saturated carbocycles. The number of rotatable bonds is 3. The van der Waals surface area contributed by atoms with Crippen LogP contribution in [0.1, 0.15) is 9.67 Å². The van der Waals surface area contributed by atoms with Crippen LogP contribution in [0, 0.1) is 0 Å². The van der Waals surface area contributed by atoms with E-state index in [1.54, 1.807) is 23.1 Å². The molecule has 0 aliphatic carbocycles. The summed E-state index contributed by atoms with van der Waals surface area (Å²) in [6, 6.07) is 13.4. The van der Waals surface area contributed by atoms with Crippen molar-refractivity contribution in [3.05, 3.63) is 65.1 Å². The summed E-state index contributed by atoms with van der Waals surface area (Å²) >= 11 is 1.41. The van der Waals surface area contributed by atoms with Gasteiger partial charge < -0.3 is 5.32 Å². The highest BCUT2D eigenvalue weighted by Crippen LogP contribution is 2.14. The molecule has 19 heavy (non-hydrogen) atoms. The van der Waals surface area contributed by atoms with Crippen molar-refractivity contribution >= 4 is 22.9 Å². The molecule has 3 rings (SSSR count). The number of nitrogens with zero attached hydrogens (tertiary/aromatic N) is 2. The van der Waals surface area contributed by atoms with Crippen LogP contribution in [-0.4, -0.2) is 15.7 Å². The summed E-state index contributed by atoms with van der Waals surface area (Å²) in [6.07, 6.45) is 3.43. The Balaban J connectivity index is 1.77. The first-order valence-corrected chi connectivity index (χ1v) is 6.66. The molecule has 0 atom stereocenters. The summed E-state index contributed by atoms with van der Waals surface area (Å²) in [7, 11) is 0. The van der Waals surface area contributed by atoms with Crippen LogP contribution in [0.25, 0.3) is 5.69 Å². The fourth-order valence-electron chi connectivity index (χ4n) is 1.71. The third-order valence-corrected chi connectivity index (χ3v) is 3.47. The smallest absolute Gasteiger partial charge is 0.265 e. The zero-order chi connectivity index (χ0) is 13.1. The highest BCUT2D eigenvalue weighted by Gasteiger charge is 2.08. The summed E-state index contributed by atoms with van der Waals surface area (Å²) in [5.74, 6) is -0.109. The predicted octanol–water partition coefficient (Wildman–Crippen LogP) is 3.19. The molecule has 5 heteroatoms. The lowest BCUT2D eigenvalue weighted by Gasteiger charge is -2.00. The zero-order valence-corrected chi connectivity index (χ0v) is 10.8. The quantitative estimate of drug-likeness (QED) is 0.793. The Kier molecular flexibility index (Phi) is 3.12. The molecule has 1 amide bonds. The number of thiophene rings is 1. The molecule has 2 heterocycles. The van der Waals surface area contributed by atoms with Crippen molar-refractivity contribution in [3.8, 4) is 5.69 Å². The maximum absolute atomic E-state index is 11.9. The molecule has 0 saturated heterocycles. The van der Waals surface area contributed by atoms with Gasteiger partial charge >= 0.3 is 0 Å². The van der Waals surface area contributed by atoms with Crippen LogP contribution in [0.4, 0.5) is 5.69 Å².